The van der Waals surface area contributed by atoms with Crippen LogP contribution in [-0.4, -0.2) is 0 Å². The van der Waals surface area contributed by atoms with Crippen LogP contribution in [0.15, 0.2) is 59.0 Å². The van der Waals surface area contributed by atoms with Crippen molar-refractivity contribution in [1.29, 1.82) is 5.26 Å². The summed E-state index contributed by atoms with van der Waals surface area (Å²) < 4.78 is 6.11. The second-order valence-corrected chi connectivity index (χ2v) is 4.11. The van der Waals surface area contributed by atoms with Crippen molar-refractivity contribution in [2.75, 3.05) is 0 Å². The average Bonchev–Trinajstić information content (AvgIpc) is 2.35. The summed E-state index contributed by atoms with van der Waals surface area (Å²) in [7, 11) is 0. The Labute approximate surface area is 119 Å². The molecule has 0 bridgehead atoms. The van der Waals surface area contributed by atoms with E-state index in [-0.39, 0.29) is 0 Å². The largest absolute Gasteiger partial charge is 0.463 e. The first-order chi connectivity index (χ1) is 8.45. The molecule has 3 heteroatoms. The summed E-state index contributed by atoms with van der Waals surface area (Å²) in [4.78, 5) is 0. The Hall–Kier alpha value is -1.53. The van der Waals surface area contributed by atoms with Crippen LogP contribution < -0.4 is 0 Å². The monoisotopic (exact) mass is 309 g/mol. The van der Waals surface area contributed by atoms with Crippen molar-refractivity contribution in [2.24, 2.45) is 0 Å². The molecule has 0 spiro atoms. The molecule has 0 saturated carbocycles. The van der Waals surface area contributed by atoms with Crippen molar-refractivity contribution in [3.63, 3.8) is 0 Å². The topological polar surface area (TPSA) is 33.0 Å². The van der Waals surface area contributed by atoms with Crippen molar-refractivity contribution >= 4 is 15.9 Å². The maximum absolute atomic E-state index is 8.54. The number of hydrogen-bond donors (Lipinski definition) is 0. The third kappa shape index (κ3) is 12.5. The van der Waals surface area contributed by atoms with E-state index in [1.165, 1.54) is 0 Å². The van der Waals surface area contributed by atoms with Crippen LogP contribution in [-0.2, 0) is 4.74 Å². The fraction of sp³-hybridized carbons (Fsp3) is 0.267. The van der Waals surface area contributed by atoms with Crippen molar-refractivity contribution in [1.82, 2.24) is 0 Å². The fourth-order valence-corrected chi connectivity index (χ4v) is 0.870. The Morgan fingerprint density at radius 2 is 1.72 bits per heavy atom. The minimum atomic E-state index is 0.511. The van der Waals surface area contributed by atoms with Gasteiger partial charge in [0.05, 0.1) is 6.07 Å². The molecule has 0 aliphatic carbocycles. The van der Waals surface area contributed by atoms with Crippen molar-refractivity contribution in [3.8, 4) is 6.07 Å². The van der Waals surface area contributed by atoms with Gasteiger partial charge < -0.3 is 4.74 Å². The number of rotatable bonds is 5. The molecule has 0 saturated heterocycles. The summed E-state index contributed by atoms with van der Waals surface area (Å²) in [6, 6.07) is 2.02. The standard InChI is InChI=1S/C13H14BrNO.C2H6/c1-10(9-15)5-7-12(3)16-13(4)8-6-11(2)14;1-2/h5-8H,2,4H2,1,3H3;1-2H3/b8-6-,10-5+,12-7+;. The number of nitrogens with zero attached hydrogens (tertiary/aromatic N) is 1. The zero-order chi connectivity index (χ0) is 14.6. The van der Waals surface area contributed by atoms with Gasteiger partial charge in [0.2, 0.25) is 0 Å². The van der Waals surface area contributed by atoms with Gasteiger partial charge in [-0.1, -0.05) is 42.9 Å². The molecule has 0 aromatic heterocycles. The Morgan fingerprint density at radius 3 is 2.17 bits per heavy atom. The van der Waals surface area contributed by atoms with Crippen molar-refractivity contribution in [2.45, 2.75) is 27.7 Å². The summed E-state index contributed by atoms with van der Waals surface area (Å²) in [5.74, 6) is 1.18. The molecule has 0 N–H and O–H groups in total. The molecule has 0 amide bonds. The minimum absolute atomic E-state index is 0.511. The molecular weight excluding hydrogens is 290 g/mol. The Bertz CT molecular complexity index is 409. The van der Waals surface area contributed by atoms with Gasteiger partial charge in [0.25, 0.3) is 0 Å². The minimum Gasteiger partial charge on any atom is -0.463 e. The summed E-state index contributed by atoms with van der Waals surface area (Å²) in [6.45, 7) is 14.9. The molecular formula is C15H20BrNO. The first-order valence-corrected chi connectivity index (χ1v) is 6.39. The zero-order valence-electron chi connectivity index (χ0n) is 11.5. The van der Waals surface area contributed by atoms with E-state index in [0.29, 0.717) is 17.1 Å². The predicted octanol–water partition coefficient (Wildman–Crippen LogP) is 5.38. The highest BCUT2D eigenvalue weighted by molar-refractivity contribution is 9.11. The van der Waals surface area contributed by atoms with Crippen molar-refractivity contribution in [3.05, 3.63) is 59.0 Å². The van der Waals surface area contributed by atoms with Crippen LogP contribution in [0.1, 0.15) is 27.7 Å². The van der Waals surface area contributed by atoms with Gasteiger partial charge >= 0.3 is 0 Å². The van der Waals surface area contributed by atoms with Crippen molar-refractivity contribution < 1.29 is 4.74 Å². The van der Waals surface area contributed by atoms with Gasteiger partial charge in [-0.2, -0.15) is 5.26 Å². The number of allylic oxidation sites excluding steroid dienone is 7. The molecule has 0 unspecified atom stereocenters. The van der Waals surface area contributed by atoms with Gasteiger partial charge in [-0.05, 0) is 38.2 Å². The van der Waals surface area contributed by atoms with E-state index < -0.39 is 0 Å². The number of ether oxygens (including phenoxy) is 1. The van der Waals surface area contributed by atoms with Gasteiger partial charge in [0.1, 0.15) is 11.5 Å². The van der Waals surface area contributed by atoms with Crippen LogP contribution >= 0.6 is 15.9 Å². The number of hydrogen-bond acceptors (Lipinski definition) is 2. The van der Waals surface area contributed by atoms with Crippen LogP contribution in [0, 0.1) is 11.3 Å². The summed E-state index contributed by atoms with van der Waals surface area (Å²) in [5, 5.41) is 8.54. The smallest absolute Gasteiger partial charge is 0.119 e. The van der Waals surface area contributed by atoms with E-state index in [0.717, 1.165) is 4.48 Å². The molecule has 98 valence electrons. The highest BCUT2D eigenvalue weighted by Crippen LogP contribution is 2.09. The van der Waals surface area contributed by atoms with Gasteiger partial charge in [-0.15, -0.1) is 0 Å². The molecule has 0 rings (SSSR count). The van der Waals surface area contributed by atoms with Crippen LogP contribution in [0.3, 0.4) is 0 Å². The van der Waals surface area contributed by atoms with Crippen LogP contribution in [0.4, 0.5) is 0 Å². The molecule has 0 atom stereocenters. The quantitative estimate of drug-likeness (QED) is 0.388. The molecule has 18 heavy (non-hydrogen) atoms. The molecule has 0 radical (unpaired) electrons. The van der Waals surface area contributed by atoms with E-state index in [2.05, 4.69) is 29.1 Å². The van der Waals surface area contributed by atoms with E-state index in [1.807, 2.05) is 19.9 Å². The first kappa shape index (κ1) is 18.8. The Balaban J connectivity index is 0. The normalized spacial score (nSPS) is 11.3. The van der Waals surface area contributed by atoms with Crippen LogP contribution in [0.5, 0.6) is 0 Å². The Morgan fingerprint density at radius 1 is 1.17 bits per heavy atom. The van der Waals surface area contributed by atoms with Gasteiger partial charge in [0.15, 0.2) is 0 Å². The molecule has 0 heterocycles. The Kier molecular flexibility index (Phi) is 12.5. The van der Waals surface area contributed by atoms with E-state index in [4.69, 9.17) is 10.00 Å². The van der Waals surface area contributed by atoms with Gasteiger partial charge in [-0.3, -0.25) is 0 Å². The third-order valence-corrected chi connectivity index (χ3v) is 1.75. The lowest BCUT2D eigenvalue weighted by Crippen LogP contribution is -1.85. The summed E-state index contributed by atoms with van der Waals surface area (Å²) >= 11 is 3.19. The molecule has 0 aliphatic rings. The predicted molar refractivity (Wildman–Crippen MR) is 81.9 cm³/mol. The highest BCUT2D eigenvalue weighted by Gasteiger charge is 1.91. The van der Waals surface area contributed by atoms with Gasteiger partial charge in [0, 0.05) is 10.1 Å². The van der Waals surface area contributed by atoms with Gasteiger partial charge in [-0.25, -0.2) is 0 Å². The fourth-order valence-electron chi connectivity index (χ4n) is 0.738. The SMILES string of the molecule is C=C(Br)/C=C\C(=C)O/C(C)=C/C=C(\C)C#N.CC. The van der Waals surface area contributed by atoms with E-state index in [1.54, 1.807) is 38.2 Å². The molecule has 0 fully saturated rings. The van der Waals surface area contributed by atoms with E-state index >= 15 is 0 Å². The summed E-state index contributed by atoms with van der Waals surface area (Å²) in [5.41, 5.74) is 0.623. The maximum atomic E-state index is 8.54. The second kappa shape index (κ2) is 11.9. The lowest BCUT2D eigenvalue weighted by Gasteiger charge is -2.03. The second-order valence-electron chi connectivity index (χ2n) is 3.09. The molecule has 0 aromatic carbocycles. The average molecular weight is 310 g/mol. The molecule has 0 aromatic rings. The zero-order valence-corrected chi connectivity index (χ0v) is 13.0. The van der Waals surface area contributed by atoms with Crippen LogP contribution in [0.25, 0.3) is 0 Å². The summed E-state index contributed by atoms with van der Waals surface area (Å²) in [6.07, 6.45) is 6.86. The maximum Gasteiger partial charge on any atom is 0.119 e. The first-order valence-electron chi connectivity index (χ1n) is 5.60. The third-order valence-electron chi connectivity index (χ3n) is 1.49. The highest BCUT2D eigenvalue weighted by atomic mass is 79.9. The number of nitriles is 1. The van der Waals surface area contributed by atoms with Crippen LogP contribution in [0.2, 0.25) is 0 Å². The molecule has 0 aliphatic heterocycles. The lowest BCUT2D eigenvalue weighted by molar-refractivity contribution is 0.324. The molecule has 2 nitrogen and oxygen atoms in total. The lowest BCUT2D eigenvalue weighted by atomic mass is 10.3. The number of halogens is 1. The van der Waals surface area contributed by atoms with E-state index in [9.17, 15) is 0 Å².